The van der Waals surface area contributed by atoms with E-state index in [2.05, 4.69) is 10.6 Å². The van der Waals surface area contributed by atoms with Crippen molar-refractivity contribution in [3.05, 3.63) is 101 Å². The summed E-state index contributed by atoms with van der Waals surface area (Å²) in [6.07, 6.45) is 0.0604. The van der Waals surface area contributed by atoms with Crippen LogP contribution in [0.1, 0.15) is 38.8 Å². The van der Waals surface area contributed by atoms with Crippen molar-refractivity contribution in [2.24, 2.45) is 0 Å². The summed E-state index contributed by atoms with van der Waals surface area (Å²) >= 11 is 0. The van der Waals surface area contributed by atoms with Crippen LogP contribution in [0.2, 0.25) is 0 Å². The molecule has 0 aliphatic heterocycles. The zero-order valence-corrected chi connectivity index (χ0v) is 17.4. The predicted molar refractivity (Wildman–Crippen MR) is 120 cm³/mol. The van der Waals surface area contributed by atoms with Gasteiger partial charge in [0.2, 0.25) is 5.91 Å². The van der Waals surface area contributed by atoms with E-state index in [1.54, 1.807) is 60.7 Å². The second-order valence-electron chi connectivity index (χ2n) is 7.22. The van der Waals surface area contributed by atoms with E-state index in [-0.39, 0.29) is 23.7 Å². The summed E-state index contributed by atoms with van der Waals surface area (Å²) < 4.78 is 0. The van der Waals surface area contributed by atoms with Crippen molar-refractivity contribution in [1.82, 2.24) is 5.32 Å². The molecule has 162 valence electrons. The zero-order valence-electron chi connectivity index (χ0n) is 17.4. The van der Waals surface area contributed by atoms with Crippen molar-refractivity contribution in [3.63, 3.8) is 0 Å². The summed E-state index contributed by atoms with van der Waals surface area (Å²) in [7, 11) is 0. The van der Waals surface area contributed by atoms with Gasteiger partial charge in [0.15, 0.2) is 5.78 Å². The minimum atomic E-state index is -1.17. The van der Waals surface area contributed by atoms with Crippen LogP contribution in [0.3, 0.4) is 0 Å². The Morgan fingerprint density at radius 1 is 0.781 bits per heavy atom. The molecule has 7 nitrogen and oxygen atoms in total. The van der Waals surface area contributed by atoms with E-state index >= 15 is 0 Å². The Kier molecular flexibility index (Phi) is 7.13. The highest BCUT2D eigenvalue weighted by Gasteiger charge is 2.21. The van der Waals surface area contributed by atoms with Crippen LogP contribution >= 0.6 is 0 Å². The standard InChI is InChI=1S/C25H22N2O5/c1-16(28)26-21-13-11-20(12-14-21)24(30)27-22(25(31)32)15-17-7-9-19(10-8-17)23(29)18-5-3-2-4-6-18/h2-14,22H,15H2,1H3,(H,26,28)(H,27,30)(H,31,32)/t22-/m1/s1. The molecule has 0 aromatic heterocycles. The van der Waals surface area contributed by atoms with Crippen LogP contribution in [0.5, 0.6) is 0 Å². The number of hydrogen-bond donors (Lipinski definition) is 3. The van der Waals surface area contributed by atoms with Crippen LogP contribution in [0.25, 0.3) is 0 Å². The summed E-state index contributed by atoms with van der Waals surface area (Å²) in [6.45, 7) is 1.38. The second-order valence-corrected chi connectivity index (χ2v) is 7.22. The highest BCUT2D eigenvalue weighted by molar-refractivity contribution is 6.09. The molecule has 0 saturated carbocycles. The zero-order chi connectivity index (χ0) is 23.1. The van der Waals surface area contributed by atoms with Crippen molar-refractivity contribution in [2.75, 3.05) is 5.32 Å². The summed E-state index contributed by atoms with van der Waals surface area (Å²) in [5.41, 5.74) is 2.54. The maximum atomic E-state index is 12.5. The van der Waals surface area contributed by atoms with Crippen molar-refractivity contribution in [2.45, 2.75) is 19.4 Å². The smallest absolute Gasteiger partial charge is 0.326 e. The number of carbonyl (C=O) groups is 4. The normalized spacial score (nSPS) is 11.3. The molecular weight excluding hydrogens is 408 g/mol. The fraction of sp³-hybridized carbons (Fsp3) is 0.120. The van der Waals surface area contributed by atoms with Gasteiger partial charge in [-0.05, 0) is 29.8 Å². The Hall–Kier alpha value is -4.26. The van der Waals surface area contributed by atoms with Gasteiger partial charge >= 0.3 is 5.97 Å². The number of hydrogen-bond acceptors (Lipinski definition) is 4. The number of ketones is 1. The maximum absolute atomic E-state index is 12.5. The fourth-order valence-electron chi connectivity index (χ4n) is 3.13. The van der Waals surface area contributed by atoms with E-state index in [9.17, 15) is 24.3 Å². The molecule has 0 aliphatic rings. The molecule has 0 radical (unpaired) electrons. The highest BCUT2D eigenvalue weighted by Crippen LogP contribution is 2.14. The topological polar surface area (TPSA) is 113 Å². The SMILES string of the molecule is CC(=O)Nc1ccc(C(=O)N[C@H](Cc2ccc(C(=O)c3ccccc3)cc2)C(=O)O)cc1. The van der Waals surface area contributed by atoms with Crippen LogP contribution in [-0.4, -0.2) is 34.7 Å². The van der Waals surface area contributed by atoms with Gasteiger partial charge in [-0.3, -0.25) is 14.4 Å². The molecule has 32 heavy (non-hydrogen) atoms. The van der Waals surface area contributed by atoms with Crippen molar-refractivity contribution >= 4 is 29.3 Å². The number of amides is 2. The Bertz CT molecular complexity index is 1120. The van der Waals surface area contributed by atoms with Gasteiger partial charge in [0.05, 0.1) is 0 Å². The summed E-state index contributed by atoms with van der Waals surface area (Å²) in [5, 5.41) is 14.7. The number of carboxylic acids is 1. The molecular formula is C25H22N2O5. The summed E-state index contributed by atoms with van der Waals surface area (Å²) in [4.78, 5) is 47.7. The minimum Gasteiger partial charge on any atom is -0.480 e. The van der Waals surface area contributed by atoms with Gasteiger partial charge in [-0.15, -0.1) is 0 Å². The molecule has 0 spiro atoms. The third-order valence-corrected chi connectivity index (χ3v) is 4.76. The largest absolute Gasteiger partial charge is 0.480 e. The van der Waals surface area contributed by atoms with Crippen LogP contribution in [0.15, 0.2) is 78.9 Å². The highest BCUT2D eigenvalue weighted by atomic mass is 16.4. The molecule has 0 aliphatic carbocycles. The van der Waals surface area contributed by atoms with Crippen molar-refractivity contribution < 1.29 is 24.3 Å². The number of rotatable bonds is 8. The van der Waals surface area contributed by atoms with Crippen LogP contribution < -0.4 is 10.6 Å². The average Bonchev–Trinajstić information content (AvgIpc) is 2.79. The second kappa shape index (κ2) is 10.2. The van der Waals surface area contributed by atoms with Gasteiger partial charge in [-0.2, -0.15) is 0 Å². The molecule has 0 heterocycles. The Morgan fingerprint density at radius 3 is 1.91 bits per heavy atom. The first kappa shape index (κ1) is 22.4. The van der Waals surface area contributed by atoms with E-state index < -0.39 is 17.9 Å². The number of benzene rings is 3. The summed E-state index contributed by atoms with van der Waals surface area (Å²) in [6, 6.07) is 20.5. The molecule has 3 rings (SSSR count). The van der Waals surface area contributed by atoms with E-state index in [0.717, 1.165) is 0 Å². The van der Waals surface area contributed by atoms with Gasteiger partial charge in [0.1, 0.15) is 6.04 Å². The van der Waals surface area contributed by atoms with Crippen molar-refractivity contribution in [1.29, 1.82) is 0 Å². The molecule has 0 unspecified atom stereocenters. The van der Waals surface area contributed by atoms with Gasteiger partial charge in [0, 0.05) is 35.7 Å². The lowest BCUT2D eigenvalue weighted by atomic mass is 9.99. The number of anilines is 1. The predicted octanol–water partition coefficient (Wildman–Crippen LogP) is 3.30. The molecule has 1 atom stereocenters. The monoisotopic (exact) mass is 430 g/mol. The van der Waals surface area contributed by atoms with Gasteiger partial charge in [-0.25, -0.2) is 4.79 Å². The molecule has 0 saturated heterocycles. The number of carboxylic acid groups (broad SMARTS) is 1. The van der Waals surface area contributed by atoms with Gasteiger partial charge < -0.3 is 15.7 Å². The maximum Gasteiger partial charge on any atom is 0.326 e. The lowest BCUT2D eigenvalue weighted by molar-refractivity contribution is -0.139. The van der Waals surface area contributed by atoms with E-state index in [1.807, 2.05) is 6.07 Å². The van der Waals surface area contributed by atoms with Gasteiger partial charge in [0.25, 0.3) is 5.91 Å². The van der Waals surface area contributed by atoms with Crippen LogP contribution in [0, 0.1) is 0 Å². The first-order chi connectivity index (χ1) is 15.3. The molecule has 7 heteroatoms. The molecule has 2 amide bonds. The van der Waals surface area contributed by atoms with E-state index in [1.165, 1.54) is 19.1 Å². The average molecular weight is 430 g/mol. The molecule has 0 bridgehead atoms. The third kappa shape index (κ3) is 5.89. The minimum absolute atomic E-state index is 0.0604. The third-order valence-electron chi connectivity index (χ3n) is 4.76. The summed E-state index contributed by atoms with van der Waals surface area (Å²) in [5.74, 6) is -2.06. The van der Waals surface area contributed by atoms with Crippen molar-refractivity contribution in [3.8, 4) is 0 Å². The first-order valence-corrected chi connectivity index (χ1v) is 9.93. The molecule has 3 N–H and O–H groups in total. The lowest BCUT2D eigenvalue weighted by Gasteiger charge is -2.15. The fourth-order valence-corrected chi connectivity index (χ4v) is 3.13. The van der Waals surface area contributed by atoms with Crippen LogP contribution in [0.4, 0.5) is 5.69 Å². The quantitative estimate of drug-likeness (QED) is 0.475. The van der Waals surface area contributed by atoms with Gasteiger partial charge in [-0.1, -0.05) is 54.6 Å². The molecule has 0 fully saturated rings. The molecule has 3 aromatic rings. The number of aliphatic carboxylic acids is 1. The first-order valence-electron chi connectivity index (χ1n) is 9.93. The molecule has 3 aromatic carbocycles. The van der Waals surface area contributed by atoms with Crippen LogP contribution in [-0.2, 0) is 16.0 Å². The van der Waals surface area contributed by atoms with E-state index in [0.29, 0.717) is 22.4 Å². The number of carbonyl (C=O) groups excluding carboxylic acids is 3. The Balaban J connectivity index is 1.66. The Labute approximate surface area is 185 Å². The lowest BCUT2D eigenvalue weighted by Crippen LogP contribution is -2.42. The van der Waals surface area contributed by atoms with E-state index in [4.69, 9.17) is 0 Å². The number of nitrogens with one attached hydrogen (secondary N) is 2. The Morgan fingerprint density at radius 2 is 1.34 bits per heavy atom.